The van der Waals surface area contributed by atoms with Gasteiger partial charge in [-0.1, -0.05) is 30.7 Å². The van der Waals surface area contributed by atoms with E-state index < -0.39 is 0 Å². The molecule has 2 rings (SSSR count). The number of nitrogens with zero attached hydrogens (tertiary/aromatic N) is 1. The van der Waals surface area contributed by atoms with Crippen LogP contribution in [-0.2, 0) is 11.3 Å². The van der Waals surface area contributed by atoms with Crippen molar-refractivity contribution in [3.05, 3.63) is 34.9 Å². The molecule has 0 spiro atoms. The Morgan fingerprint density at radius 3 is 2.52 bits per heavy atom. The Labute approximate surface area is 128 Å². The highest BCUT2D eigenvalue weighted by atomic mass is 16.2. The van der Waals surface area contributed by atoms with Gasteiger partial charge in [-0.2, -0.15) is 0 Å². The van der Waals surface area contributed by atoms with E-state index in [2.05, 4.69) is 44.3 Å². The number of benzene rings is 1. The zero-order valence-corrected chi connectivity index (χ0v) is 13.8. The van der Waals surface area contributed by atoms with Crippen LogP contribution in [0.3, 0.4) is 0 Å². The molecule has 1 amide bonds. The Hall–Kier alpha value is -1.35. The van der Waals surface area contributed by atoms with Crippen LogP contribution in [0.1, 0.15) is 42.9 Å². The number of nitrogens with one attached hydrogen (secondary N) is 1. The summed E-state index contributed by atoms with van der Waals surface area (Å²) in [5, 5.41) is 3.36. The van der Waals surface area contributed by atoms with Crippen molar-refractivity contribution in [1.29, 1.82) is 0 Å². The highest BCUT2D eigenvalue weighted by molar-refractivity contribution is 5.82. The predicted molar refractivity (Wildman–Crippen MR) is 87.2 cm³/mol. The first-order valence-electron chi connectivity index (χ1n) is 8.01. The molecule has 1 aromatic rings. The molecule has 116 valence electrons. The quantitative estimate of drug-likeness (QED) is 0.923. The predicted octanol–water partition coefficient (Wildman–Crippen LogP) is 3.04. The zero-order valence-electron chi connectivity index (χ0n) is 13.8. The Kier molecular flexibility index (Phi) is 5.04. The topological polar surface area (TPSA) is 32.3 Å². The van der Waals surface area contributed by atoms with Crippen LogP contribution in [0.5, 0.6) is 0 Å². The van der Waals surface area contributed by atoms with Crippen molar-refractivity contribution < 1.29 is 4.79 Å². The molecule has 0 unspecified atom stereocenters. The number of carbonyl (C=O) groups excluding carboxylic acids is 1. The smallest absolute Gasteiger partial charge is 0.228 e. The van der Waals surface area contributed by atoms with E-state index in [1.165, 1.54) is 16.7 Å². The maximum atomic E-state index is 12.9. The molecule has 0 aromatic heterocycles. The van der Waals surface area contributed by atoms with Gasteiger partial charge in [-0.05, 0) is 57.3 Å². The summed E-state index contributed by atoms with van der Waals surface area (Å²) in [7, 11) is 1.95. The fraction of sp³-hybridized carbons (Fsp3) is 0.611. The second-order valence-electron chi connectivity index (χ2n) is 6.48. The van der Waals surface area contributed by atoms with Gasteiger partial charge in [0.25, 0.3) is 0 Å². The van der Waals surface area contributed by atoms with Crippen LogP contribution in [0.25, 0.3) is 0 Å². The number of carbonyl (C=O) groups is 1. The summed E-state index contributed by atoms with van der Waals surface area (Å²) in [6, 6.07) is 6.46. The van der Waals surface area contributed by atoms with E-state index >= 15 is 0 Å². The third-order valence-corrected chi connectivity index (χ3v) is 4.94. The summed E-state index contributed by atoms with van der Waals surface area (Å²) in [6.07, 6.45) is 2.85. The molecule has 3 heteroatoms. The minimum Gasteiger partial charge on any atom is -0.341 e. The summed E-state index contributed by atoms with van der Waals surface area (Å²) in [5.41, 5.74) is 3.63. The van der Waals surface area contributed by atoms with Crippen molar-refractivity contribution >= 4 is 5.91 Å². The molecule has 1 aromatic carbocycles. The van der Waals surface area contributed by atoms with Gasteiger partial charge in [-0.25, -0.2) is 0 Å². The van der Waals surface area contributed by atoms with Gasteiger partial charge in [-0.15, -0.1) is 0 Å². The number of hydrogen-bond acceptors (Lipinski definition) is 2. The Bertz CT molecular complexity index is 504. The summed E-state index contributed by atoms with van der Waals surface area (Å²) in [5.74, 6) is 0.312. The van der Waals surface area contributed by atoms with Gasteiger partial charge >= 0.3 is 0 Å². The van der Waals surface area contributed by atoms with Crippen LogP contribution < -0.4 is 5.32 Å². The van der Waals surface area contributed by atoms with E-state index in [1.807, 2.05) is 11.9 Å². The fourth-order valence-corrected chi connectivity index (χ4v) is 3.38. The van der Waals surface area contributed by atoms with Crippen LogP contribution in [0.15, 0.2) is 18.2 Å². The van der Waals surface area contributed by atoms with Crippen molar-refractivity contribution in [2.75, 3.05) is 20.1 Å². The maximum Gasteiger partial charge on any atom is 0.228 e. The number of amides is 1. The molecule has 1 N–H and O–H groups in total. The molecular formula is C18H28N2O. The molecule has 21 heavy (non-hydrogen) atoms. The average Bonchev–Trinajstić information content (AvgIpc) is 2.50. The van der Waals surface area contributed by atoms with E-state index in [0.29, 0.717) is 12.5 Å². The molecule has 0 aliphatic carbocycles. The third kappa shape index (κ3) is 3.46. The molecule has 1 saturated heterocycles. The molecule has 1 aliphatic rings. The van der Waals surface area contributed by atoms with E-state index in [1.54, 1.807) is 0 Å². The third-order valence-electron chi connectivity index (χ3n) is 4.94. The molecular weight excluding hydrogens is 260 g/mol. The van der Waals surface area contributed by atoms with Gasteiger partial charge in [0.1, 0.15) is 0 Å². The SMILES string of the molecule is CCC1(C(=O)N(C)Cc2ccc(C)cc2C)CCNCC1. The number of rotatable bonds is 4. The van der Waals surface area contributed by atoms with Gasteiger partial charge in [0.2, 0.25) is 5.91 Å². The molecule has 0 saturated carbocycles. The number of piperidine rings is 1. The highest BCUT2D eigenvalue weighted by Gasteiger charge is 2.39. The molecule has 0 atom stereocenters. The van der Waals surface area contributed by atoms with Gasteiger partial charge in [0, 0.05) is 13.6 Å². The second-order valence-corrected chi connectivity index (χ2v) is 6.48. The molecule has 1 aliphatic heterocycles. The van der Waals surface area contributed by atoms with Crippen LogP contribution in [0, 0.1) is 19.3 Å². The molecule has 3 nitrogen and oxygen atoms in total. The van der Waals surface area contributed by atoms with Gasteiger partial charge in [0.05, 0.1) is 5.41 Å². The van der Waals surface area contributed by atoms with Crippen molar-refractivity contribution in [2.45, 2.75) is 46.6 Å². The monoisotopic (exact) mass is 288 g/mol. The lowest BCUT2D eigenvalue weighted by atomic mass is 9.75. The molecule has 0 bridgehead atoms. The summed E-state index contributed by atoms with van der Waals surface area (Å²) < 4.78 is 0. The van der Waals surface area contributed by atoms with Gasteiger partial charge in [0.15, 0.2) is 0 Å². The minimum absolute atomic E-state index is 0.154. The van der Waals surface area contributed by atoms with E-state index in [0.717, 1.165) is 32.4 Å². The normalized spacial score (nSPS) is 17.5. The van der Waals surface area contributed by atoms with Crippen molar-refractivity contribution in [1.82, 2.24) is 10.2 Å². The number of aryl methyl sites for hydroxylation is 2. The van der Waals surface area contributed by atoms with E-state index in [4.69, 9.17) is 0 Å². The summed E-state index contributed by atoms with van der Waals surface area (Å²) >= 11 is 0. The first kappa shape index (κ1) is 16.0. The maximum absolute atomic E-state index is 12.9. The first-order valence-corrected chi connectivity index (χ1v) is 8.01. The largest absolute Gasteiger partial charge is 0.341 e. The Morgan fingerprint density at radius 2 is 1.95 bits per heavy atom. The Morgan fingerprint density at radius 1 is 1.29 bits per heavy atom. The van der Waals surface area contributed by atoms with Crippen LogP contribution in [-0.4, -0.2) is 30.9 Å². The van der Waals surface area contributed by atoms with Crippen LogP contribution in [0.2, 0.25) is 0 Å². The molecule has 1 heterocycles. The van der Waals surface area contributed by atoms with E-state index in [9.17, 15) is 4.79 Å². The first-order chi connectivity index (χ1) is 9.98. The lowest BCUT2D eigenvalue weighted by Crippen LogP contribution is -2.47. The Balaban J connectivity index is 2.11. The van der Waals surface area contributed by atoms with Crippen molar-refractivity contribution in [2.24, 2.45) is 5.41 Å². The average molecular weight is 288 g/mol. The number of hydrogen-bond donors (Lipinski definition) is 1. The van der Waals surface area contributed by atoms with Gasteiger partial charge < -0.3 is 10.2 Å². The van der Waals surface area contributed by atoms with E-state index in [-0.39, 0.29) is 5.41 Å². The van der Waals surface area contributed by atoms with Crippen LogP contribution in [0.4, 0.5) is 0 Å². The lowest BCUT2D eigenvalue weighted by Gasteiger charge is -2.38. The highest BCUT2D eigenvalue weighted by Crippen LogP contribution is 2.34. The lowest BCUT2D eigenvalue weighted by molar-refractivity contribution is -0.143. The summed E-state index contributed by atoms with van der Waals surface area (Å²) in [6.45, 7) is 9.00. The standard InChI is InChI=1S/C18H28N2O/c1-5-18(8-10-19-11-9-18)17(21)20(4)13-16-7-6-14(2)12-15(16)3/h6-7,12,19H,5,8-11,13H2,1-4H3. The van der Waals surface area contributed by atoms with Crippen molar-refractivity contribution in [3.8, 4) is 0 Å². The van der Waals surface area contributed by atoms with Crippen LogP contribution >= 0.6 is 0 Å². The molecule has 0 radical (unpaired) electrons. The zero-order chi connectivity index (χ0) is 15.5. The fourth-order valence-electron chi connectivity index (χ4n) is 3.38. The van der Waals surface area contributed by atoms with Gasteiger partial charge in [-0.3, -0.25) is 4.79 Å². The second kappa shape index (κ2) is 6.61. The summed E-state index contributed by atoms with van der Waals surface area (Å²) in [4.78, 5) is 14.9. The molecule has 1 fully saturated rings. The minimum atomic E-state index is -0.154. The van der Waals surface area contributed by atoms with Crippen molar-refractivity contribution in [3.63, 3.8) is 0 Å².